The molecule has 3 aromatic rings. The Balaban J connectivity index is 1.85. The van der Waals surface area contributed by atoms with Gasteiger partial charge < -0.3 is 15.0 Å². The lowest BCUT2D eigenvalue weighted by Gasteiger charge is -2.03. The van der Waals surface area contributed by atoms with Gasteiger partial charge in [0.1, 0.15) is 5.65 Å². The molecule has 0 unspecified atom stereocenters. The number of ether oxygens (including phenoxy) is 1. The molecule has 6 nitrogen and oxygen atoms in total. The highest BCUT2D eigenvalue weighted by Crippen LogP contribution is 2.34. The minimum atomic E-state index is -0.437. The van der Waals surface area contributed by atoms with Gasteiger partial charge in [-0.25, -0.2) is 9.78 Å². The van der Waals surface area contributed by atoms with Gasteiger partial charge in [0.2, 0.25) is 0 Å². The van der Waals surface area contributed by atoms with Crippen molar-refractivity contribution in [3.63, 3.8) is 0 Å². The first-order valence-electron chi connectivity index (χ1n) is 7.35. The van der Waals surface area contributed by atoms with Gasteiger partial charge in [-0.15, -0.1) is 0 Å². The van der Waals surface area contributed by atoms with E-state index in [1.54, 1.807) is 36.7 Å². The number of nitrogens with zero attached hydrogens (tertiary/aromatic N) is 1. The Morgan fingerprint density at radius 3 is 3.00 bits per heavy atom. The molecule has 6 heteroatoms. The number of carbonyl (C=O) groups is 2. The van der Waals surface area contributed by atoms with Gasteiger partial charge >= 0.3 is 5.97 Å². The van der Waals surface area contributed by atoms with Gasteiger partial charge in [0.05, 0.1) is 12.7 Å². The van der Waals surface area contributed by atoms with Crippen LogP contribution in [0.3, 0.4) is 0 Å². The molecule has 1 aliphatic rings. The molecule has 2 N–H and O–H groups in total. The van der Waals surface area contributed by atoms with E-state index in [0.29, 0.717) is 22.4 Å². The number of fused-ring (bicyclic) bond motifs is 2. The zero-order chi connectivity index (χ0) is 16.7. The van der Waals surface area contributed by atoms with E-state index in [9.17, 15) is 9.59 Å². The number of benzene rings is 1. The number of rotatable bonds is 2. The number of aromatic amines is 1. The van der Waals surface area contributed by atoms with Crippen LogP contribution in [0.5, 0.6) is 0 Å². The Morgan fingerprint density at radius 2 is 2.17 bits per heavy atom. The minimum Gasteiger partial charge on any atom is -0.465 e. The lowest BCUT2D eigenvalue weighted by Crippen LogP contribution is -2.03. The quantitative estimate of drug-likeness (QED) is 0.562. The van der Waals surface area contributed by atoms with E-state index in [0.717, 1.165) is 16.6 Å². The molecular formula is C18H13N3O3. The number of pyridine rings is 1. The summed E-state index contributed by atoms with van der Waals surface area (Å²) in [7, 11) is 1.33. The molecule has 0 aliphatic carbocycles. The second kappa shape index (κ2) is 5.34. The fourth-order valence-electron chi connectivity index (χ4n) is 2.83. The summed E-state index contributed by atoms with van der Waals surface area (Å²) in [4.78, 5) is 31.4. The molecule has 1 amide bonds. The molecule has 0 saturated heterocycles. The topological polar surface area (TPSA) is 84.1 Å². The maximum absolute atomic E-state index is 12.3. The van der Waals surface area contributed by atoms with E-state index in [4.69, 9.17) is 4.74 Å². The first-order chi connectivity index (χ1) is 11.7. The normalized spacial score (nSPS) is 14.7. The van der Waals surface area contributed by atoms with Gasteiger partial charge in [0.25, 0.3) is 5.91 Å². The number of methoxy groups -OCH3 is 1. The van der Waals surface area contributed by atoms with E-state index in [-0.39, 0.29) is 5.91 Å². The summed E-state index contributed by atoms with van der Waals surface area (Å²) < 4.78 is 4.74. The molecule has 24 heavy (non-hydrogen) atoms. The van der Waals surface area contributed by atoms with Crippen molar-refractivity contribution in [1.82, 2.24) is 9.97 Å². The molecule has 4 rings (SSSR count). The third-order valence-electron chi connectivity index (χ3n) is 4.01. The lowest BCUT2D eigenvalue weighted by molar-refractivity contribution is -0.110. The molecule has 0 radical (unpaired) electrons. The van der Waals surface area contributed by atoms with Crippen molar-refractivity contribution in [2.45, 2.75) is 0 Å². The van der Waals surface area contributed by atoms with Crippen LogP contribution in [-0.4, -0.2) is 29.0 Å². The van der Waals surface area contributed by atoms with Crippen molar-refractivity contribution in [2.24, 2.45) is 0 Å². The highest BCUT2D eigenvalue weighted by molar-refractivity contribution is 6.35. The molecular weight excluding hydrogens is 306 g/mol. The number of hydrogen-bond donors (Lipinski definition) is 2. The average Bonchev–Trinajstić information content (AvgIpc) is 3.16. The van der Waals surface area contributed by atoms with Crippen LogP contribution in [-0.2, 0) is 9.53 Å². The average molecular weight is 319 g/mol. The standard InChI is InChI=1S/C18H13N3O3/c1-24-18(23)10-4-5-15-13(7-10)14(17(22)21-15)8-11-9-20-16-12(11)3-2-6-19-16/h2-9H,1H3,(H,19,20)(H,21,22)/b14-8+. The number of amides is 1. The molecule has 0 atom stereocenters. The summed E-state index contributed by atoms with van der Waals surface area (Å²) in [5.74, 6) is -0.641. The molecule has 3 heterocycles. The van der Waals surface area contributed by atoms with Gasteiger partial charge in [-0.2, -0.15) is 0 Å². The van der Waals surface area contributed by atoms with E-state index >= 15 is 0 Å². The summed E-state index contributed by atoms with van der Waals surface area (Å²) in [6, 6.07) is 8.78. The zero-order valence-corrected chi connectivity index (χ0v) is 12.8. The Morgan fingerprint density at radius 1 is 1.29 bits per heavy atom. The third-order valence-corrected chi connectivity index (χ3v) is 4.01. The number of aromatic nitrogens is 2. The van der Waals surface area contributed by atoms with Crippen molar-refractivity contribution in [3.05, 3.63) is 59.4 Å². The second-order valence-corrected chi connectivity index (χ2v) is 5.41. The Kier molecular flexibility index (Phi) is 3.16. The van der Waals surface area contributed by atoms with Crippen LogP contribution in [0, 0.1) is 0 Å². The predicted molar refractivity (Wildman–Crippen MR) is 90.4 cm³/mol. The predicted octanol–water partition coefficient (Wildman–Crippen LogP) is 2.84. The molecule has 0 fully saturated rings. The number of carbonyl (C=O) groups excluding carboxylic acids is 2. The summed E-state index contributed by atoms with van der Waals surface area (Å²) >= 11 is 0. The zero-order valence-electron chi connectivity index (χ0n) is 12.8. The first kappa shape index (κ1) is 14.2. The fraction of sp³-hybridized carbons (Fsp3) is 0.0556. The summed E-state index contributed by atoms with van der Waals surface area (Å²) in [5, 5.41) is 3.73. The van der Waals surface area contributed by atoms with Crippen LogP contribution in [0.25, 0.3) is 22.7 Å². The third kappa shape index (κ3) is 2.16. The SMILES string of the molecule is COC(=O)c1ccc2c(c1)/C(=C\c1c[nH]c3ncccc13)C(=O)N2. The first-order valence-corrected chi connectivity index (χ1v) is 7.35. The van der Waals surface area contributed by atoms with E-state index in [2.05, 4.69) is 15.3 Å². The van der Waals surface area contributed by atoms with Gasteiger partial charge in [0.15, 0.2) is 0 Å². The van der Waals surface area contributed by atoms with Gasteiger partial charge in [-0.05, 0) is 36.4 Å². The highest BCUT2D eigenvalue weighted by atomic mass is 16.5. The van der Waals surface area contributed by atoms with Gasteiger partial charge in [-0.1, -0.05) is 0 Å². The molecule has 0 saturated carbocycles. The minimum absolute atomic E-state index is 0.203. The monoisotopic (exact) mass is 319 g/mol. The Bertz CT molecular complexity index is 1020. The molecule has 1 aromatic carbocycles. The largest absolute Gasteiger partial charge is 0.465 e. The van der Waals surface area contributed by atoms with Gasteiger partial charge in [-0.3, -0.25) is 4.79 Å². The van der Waals surface area contributed by atoms with Crippen molar-refractivity contribution >= 4 is 40.2 Å². The number of nitrogens with one attached hydrogen (secondary N) is 2. The van der Waals surface area contributed by atoms with Crippen LogP contribution in [0.4, 0.5) is 5.69 Å². The fourth-order valence-corrected chi connectivity index (χ4v) is 2.83. The second-order valence-electron chi connectivity index (χ2n) is 5.41. The van der Waals surface area contributed by atoms with E-state index in [1.807, 2.05) is 12.1 Å². The maximum atomic E-state index is 12.3. The van der Waals surface area contributed by atoms with Crippen LogP contribution in [0.15, 0.2) is 42.7 Å². The number of H-pyrrole nitrogens is 1. The van der Waals surface area contributed by atoms with Crippen LogP contribution < -0.4 is 5.32 Å². The van der Waals surface area contributed by atoms with Gasteiger partial charge in [0, 0.05) is 40.2 Å². The smallest absolute Gasteiger partial charge is 0.337 e. The lowest BCUT2D eigenvalue weighted by atomic mass is 10.0. The Hall–Kier alpha value is -3.41. The highest BCUT2D eigenvalue weighted by Gasteiger charge is 2.25. The van der Waals surface area contributed by atoms with Crippen molar-refractivity contribution in [2.75, 3.05) is 12.4 Å². The van der Waals surface area contributed by atoms with E-state index in [1.165, 1.54) is 7.11 Å². The summed E-state index contributed by atoms with van der Waals surface area (Å²) in [5.41, 5.74) is 3.88. The molecule has 2 aromatic heterocycles. The van der Waals surface area contributed by atoms with Crippen molar-refractivity contribution in [1.29, 1.82) is 0 Å². The molecule has 118 valence electrons. The number of hydrogen-bond acceptors (Lipinski definition) is 4. The van der Waals surface area contributed by atoms with E-state index < -0.39 is 5.97 Å². The van der Waals surface area contributed by atoms with Crippen molar-refractivity contribution in [3.8, 4) is 0 Å². The molecule has 1 aliphatic heterocycles. The number of anilines is 1. The van der Waals surface area contributed by atoms with Crippen LogP contribution >= 0.6 is 0 Å². The van der Waals surface area contributed by atoms with Crippen LogP contribution in [0.1, 0.15) is 21.5 Å². The maximum Gasteiger partial charge on any atom is 0.337 e. The summed E-state index contributed by atoms with van der Waals surface area (Å²) in [6.45, 7) is 0. The molecule has 0 spiro atoms. The Labute approximate surface area is 137 Å². The molecule has 0 bridgehead atoms. The van der Waals surface area contributed by atoms with Crippen molar-refractivity contribution < 1.29 is 14.3 Å². The summed E-state index contributed by atoms with van der Waals surface area (Å²) in [6.07, 6.45) is 5.30. The number of esters is 1. The van der Waals surface area contributed by atoms with Crippen LogP contribution in [0.2, 0.25) is 0 Å².